The maximum atomic E-state index is 13.2. The van der Waals surface area contributed by atoms with Crippen LogP contribution in [-0.2, 0) is 6.42 Å². The average Bonchev–Trinajstić information content (AvgIpc) is 3.16. The molecule has 1 amide bonds. The largest absolute Gasteiger partial charge is 0.496 e. The highest BCUT2D eigenvalue weighted by atomic mass is 16.5. The van der Waals surface area contributed by atoms with E-state index in [0.29, 0.717) is 40.9 Å². The standard InChI is InChI=1S/C27H24N6O2/c1-35-22-14-8-5-11-19(22)17-30-33-25(28)23(27(34)29-16-15-18-9-3-2-4-10-18)24-26(33)32-21-13-7-6-12-20(21)31-24/h2-14,17H,15-16,28H2,1H3,(H,29,34). The van der Waals surface area contributed by atoms with Crippen molar-refractivity contribution in [2.24, 2.45) is 5.10 Å². The molecule has 8 nitrogen and oxygen atoms in total. The molecule has 0 radical (unpaired) electrons. The zero-order valence-corrected chi connectivity index (χ0v) is 19.2. The SMILES string of the molecule is COc1ccccc1C=Nn1c(N)c(C(=O)NCCc2ccccc2)c2nc3ccccc3nc21. The number of amides is 1. The number of fused-ring (bicyclic) bond motifs is 2. The number of ether oxygens (including phenoxy) is 1. The Morgan fingerprint density at radius 2 is 1.69 bits per heavy atom. The number of nitrogen functional groups attached to an aromatic ring is 1. The number of anilines is 1. The van der Waals surface area contributed by atoms with E-state index in [9.17, 15) is 4.79 Å². The van der Waals surface area contributed by atoms with Gasteiger partial charge in [-0.25, -0.2) is 9.97 Å². The van der Waals surface area contributed by atoms with Gasteiger partial charge in [0.2, 0.25) is 0 Å². The number of hydrogen-bond donors (Lipinski definition) is 2. The molecule has 0 saturated heterocycles. The molecular weight excluding hydrogens is 440 g/mol. The first-order valence-electron chi connectivity index (χ1n) is 11.2. The summed E-state index contributed by atoms with van der Waals surface area (Å²) < 4.78 is 6.86. The van der Waals surface area contributed by atoms with Crippen molar-refractivity contribution < 1.29 is 9.53 Å². The van der Waals surface area contributed by atoms with Gasteiger partial charge in [0, 0.05) is 12.1 Å². The van der Waals surface area contributed by atoms with Crippen molar-refractivity contribution in [2.45, 2.75) is 6.42 Å². The van der Waals surface area contributed by atoms with Gasteiger partial charge in [-0.2, -0.15) is 9.78 Å². The number of para-hydroxylation sites is 3. The summed E-state index contributed by atoms with van der Waals surface area (Å²) in [5.74, 6) is 0.514. The summed E-state index contributed by atoms with van der Waals surface area (Å²) in [6.45, 7) is 0.459. The second-order valence-corrected chi connectivity index (χ2v) is 7.93. The summed E-state index contributed by atoms with van der Waals surface area (Å²) in [7, 11) is 1.60. The minimum absolute atomic E-state index is 0.165. The van der Waals surface area contributed by atoms with E-state index in [1.165, 1.54) is 4.68 Å². The Morgan fingerprint density at radius 3 is 2.46 bits per heavy atom. The molecule has 174 valence electrons. The lowest BCUT2D eigenvalue weighted by molar-refractivity contribution is 0.0956. The Kier molecular flexibility index (Phi) is 6.09. The number of rotatable bonds is 7. The van der Waals surface area contributed by atoms with Gasteiger partial charge in [-0.3, -0.25) is 4.79 Å². The quantitative estimate of drug-likeness (QED) is 0.354. The fraction of sp³-hybridized carbons (Fsp3) is 0.111. The second-order valence-electron chi connectivity index (χ2n) is 7.93. The summed E-state index contributed by atoms with van der Waals surface area (Å²) in [4.78, 5) is 22.7. The Balaban J connectivity index is 1.55. The zero-order valence-electron chi connectivity index (χ0n) is 19.2. The molecule has 0 aliphatic rings. The third kappa shape index (κ3) is 4.41. The molecule has 8 heteroatoms. The molecule has 0 bridgehead atoms. The summed E-state index contributed by atoms with van der Waals surface area (Å²) >= 11 is 0. The molecule has 0 saturated carbocycles. The third-order valence-corrected chi connectivity index (χ3v) is 5.69. The molecule has 0 unspecified atom stereocenters. The molecule has 35 heavy (non-hydrogen) atoms. The Hall–Kier alpha value is -4.72. The van der Waals surface area contributed by atoms with E-state index >= 15 is 0 Å². The zero-order chi connectivity index (χ0) is 24.2. The van der Waals surface area contributed by atoms with Crippen LogP contribution in [0.2, 0.25) is 0 Å². The van der Waals surface area contributed by atoms with Crippen molar-refractivity contribution in [3.8, 4) is 5.75 Å². The predicted octanol–water partition coefficient (Wildman–Crippen LogP) is 4.03. The number of hydrogen-bond acceptors (Lipinski definition) is 6. The number of benzene rings is 3. The predicted molar refractivity (Wildman–Crippen MR) is 138 cm³/mol. The first-order valence-corrected chi connectivity index (χ1v) is 11.2. The van der Waals surface area contributed by atoms with Crippen LogP contribution in [-0.4, -0.2) is 40.4 Å². The lowest BCUT2D eigenvalue weighted by Gasteiger charge is -2.06. The average molecular weight is 465 g/mol. The van der Waals surface area contributed by atoms with E-state index in [4.69, 9.17) is 20.4 Å². The Morgan fingerprint density at radius 1 is 1.00 bits per heavy atom. The fourth-order valence-electron chi connectivity index (χ4n) is 3.93. The van der Waals surface area contributed by atoms with Crippen LogP contribution in [0.25, 0.3) is 22.2 Å². The van der Waals surface area contributed by atoms with Gasteiger partial charge in [0.15, 0.2) is 5.65 Å². The van der Waals surface area contributed by atoms with E-state index in [-0.39, 0.29) is 17.3 Å². The van der Waals surface area contributed by atoms with Crippen LogP contribution in [0.1, 0.15) is 21.5 Å². The first-order chi connectivity index (χ1) is 17.2. The van der Waals surface area contributed by atoms with E-state index < -0.39 is 0 Å². The summed E-state index contributed by atoms with van der Waals surface area (Å²) in [5.41, 5.74) is 10.8. The number of nitrogens with one attached hydrogen (secondary N) is 1. The number of nitrogens with zero attached hydrogens (tertiary/aromatic N) is 4. The molecule has 2 heterocycles. The van der Waals surface area contributed by atoms with Crippen molar-refractivity contribution in [3.05, 3.63) is 95.6 Å². The van der Waals surface area contributed by atoms with Gasteiger partial charge >= 0.3 is 0 Å². The molecule has 5 rings (SSSR count). The number of aromatic nitrogens is 3. The molecule has 0 fully saturated rings. The topological polar surface area (TPSA) is 107 Å². The lowest BCUT2D eigenvalue weighted by Crippen LogP contribution is -2.26. The molecule has 5 aromatic rings. The minimum Gasteiger partial charge on any atom is -0.496 e. The molecule has 0 spiro atoms. The summed E-state index contributed by atoms with van der Waals surface area (Å²) in [6, 6.07) is 24.9. The highest BCUT2D eigenvalue weighted by molar-refractivity contribution is 6.10. The van der Waals surface area contributed by atoms with Gasteiger partial charge in [0.25, 0.3) is 5.91 Å². The second kappa shape index (κ2) is 9.64. The van der Waals surface area contributed by atoms with Crippen LogP contribution < -0.4 is 15.8 Å². The summed E-state index contributed by atoms with van der Waals surface area (Å²) in [5, 5.41) is 7.52. The minimum atomic E-state index is -0.320. The van der Waals surface area contributed by atoms with Gasteiger partial charge in [-0.15, -0.1) is 0 Å². The normalized spacial score (nSPS) is 11.3. The van der Waals surface area contributed by atoms with Gasteiger partial charge in [0.05, 0.1) is 24.4 Å². The van der Waals surface area contributed by atoms with Crippen molar-refractivity contribution >= 4 is 40.1 Å². The number of carbonyl (C=O) groups is 1. The maximum absolute atomic E-state index is 13.2. The molecule has 0 atom stereocenters. The van der Waals surface area contributed by atoms with Gasteiger partial charge in [0.1, 0.15) is 22.6 Å². The lowest BCUT2D eigenvalue weighted by atomic mass is 10.1. The highest BCUT2D eigenvalue weighted by Crippen LogP contribution is 2.28. The Labute approximate surface area is 202 Å². The number of methoxy groups -OCH3 is 1. The maximum Gasteiger partial charge on any atom is 0.257 e. The van der Waals surface area contributed by atoms with Gasteiger partial charge in [-0.05, 0) is 36.2 Å². The van der Waals surface area contributed by atoms with Crippen LogP contribution in [0, 0.1) is 0 Å². The van der Waals surface area contributed by atoms with Crippen LogP contribution >= 0.6 is 0 Å². The van der Waals surface area contributed by atoms with Crippen molar-refractivity contribution in [3.63, 3.8) is 0 Å². The third-order valence-electron chi connectivity index (χ3n) is 5.69. The molecule has 3 aromatic carbocycles. The van der Waals surface area contributed by atoms with Crippen molar-refractivity contribution in [1.82, 2.24) is 20.0 Å². The van der Waals surface area contributed by atoms with E-state index in [1.54, 1.807) is 13.3 Å². The molecule has 3 N–H and O–H groups in total. The smallest absolute Gasteiger partial charge is 0.257 e. The van der Waals surface area contributed by atoms with Crippen molar-refractivity contribution in [1.29, 1.82) is 0 Å². The molecule has 0 aliphatic carbocycles. The first kappa shape index (κ1) is 22.1. The number of carbonyl (C=O) groups excluding carboxylic acids is 1. The van der Waals surface area contributed by atoms with E-state index in [1.807, 2.05) is 78.9 Å². The van der Waals surface area contributed by atoms with Crippen LogP contribution in [0.3, 0.4) is 0 Å². The highest BCUT2D eigenvalue weighted by Gasteiger charge is 2.24. The van der Waals surface area contributed by atoms with Crippen LogP contribution in [0.5, 0.6) is 5.75 Å². The van der Waals surface area contributed by atoms with Crippen LogP contribution in [0.4, 0.5) is 5.82 Å². The van der Waals surface area contributed by atoms with E-state index in [0.717, 1.165) is 11.1 Å². The summed E-state index contributed by atoms with van der Waals surface area (Å²) in [6.07, 6.45) is 2.33. The van der Waals surface area contributed by atoms with Crippen LogP contribution in [0.15, 0.2) is 84.0 Å². The van der Waals surface area contributed by atoms with Gasteiger partial charge in [-0.1, -0.05) is 54.6 Å². The van der Waals surface area contributed by atoms with Crippen molar-refractivity contribution in [2.75, 3.05) is 19.4 Å². The number of nitrogens with two attached hydrogens (primary N) is 1. The monoisotopic (exact) mass is 464 g/mol. The Bertz CT molecular complexity index is 1540. The van der Waals surface area contributed by atoms with Gasteiger partial charge < -0.3 is 15.8 Å². The van der Waals surface area contributed by atoms with E-state index in [2.05, 4.69) is 10.4 Å². The molecule has 0 aliphatic heterocycles. The molecule has 2 aromatic heterocycles. The fourth-order valence-corrected chi connectivity index (χ4v) is 3.93. The molecular formula is C27H24N6O2.